The molecule has 3 heteroatoms. The standard InChI is InChI=1S/C15H20O3/c1-3-10-17-14-8-7-13(6-5-9-16)12-15(14)18-11-4-2/h5-9,12H,3-4,10-11H2,1-2H3/b6-5+. The molecule has 0 amide bonds. The second-order valence-electron chi connectivity index (χ2n) is 3.90. The molecule has 18 heavy (non-hydrogen) atoms. The van der Waals surface area contributed by atoms with Crippen molar-refractivity contribution < 1.29 is 14.3 Å². The van der Waals surface area contributed by atoms with Gasteiger partial charge in [0.2, 0.25) is 0 Å². The van der Waals surface area contributed by atoms with Crippen LogP contribution in [0.15, 0.2) is 24.3 Å². The molecule has 0 aliphatic heterocycles. The van der Waals surface area contributed by atoms with Crippen molar-refractivity contribution in [2.75, 3.05) is 13.2 Å². The van der Waals surface area contributed by atoms with Gasteiger partial charge in [-0.15, -0.1) is 0 Å². The minimum absolute atomic E-state index is 0.656. The summed E-state index contributed by atoms with van der Waals surface area (Å²) in [4.78, 5) is 10.3. The quantitative estimate of drug-likeness (QED) is 0.522. The molecule has 1 aromatic carbocycles. The zero-order valence-corrected chi connectivity index (χ0v) is 11.0. The molecule has 0 bridgehead atoms. The highest BCUT2D eigenvalue weighted by molar-refractivity contribution is 5.74. The van der Waals surface area contributed by atoms with Crippen LogP contribution < -0.4 is 9.47 Å². The molecule has 0 N–H and O–H groups in total. The highest BCUT2D eigenvalue weighted by Gasteiger charge is 2.05. The number of ether oxygens (including phenoxy) is 2. The SMILES string of the molecule is CCCOc1ccc(/C=C/C=O)cc1OCCC. The normalized spacial score (nSPS) is 10.6. The lowest BCUT2D eigenvalue weighted by Gasteiger charge is -2.12. The van der Waals surface area contributed by atoms with Crippen molar-refractivity contribution in [3.8, 4) is 11.5 Å². The van der Waals surface area contributed by atoms with Gasteiger partial charge in [0.15, 0.2) is 11.5 Å². The Balaban J connectivity index is 2.88. The average molecular weight is 248 g/mol. The molecule has 0 aliphatic carbocycles. The summed E-state index contributed by atoms with van der Waals surface area (Å²) in [6.45, 7) is 5.45. The van der Waals surface area contributed by atoms with Crippen molar-refractivity contribution in [3.63, 3.8) is 0 Å². The van der Waals surface area contributed by atoms with E-state index in [1.807, 2.05) is 18.2 Å². The van der Waals surface area contributed by atoms with E-state index in [9.17, 15) is 4.79 Å². The number of allylic oxidation sites excluding steroid dienone is 1. The van der Waals surface area contributed by atoms with E-state index in [0.29, 0.717) is 13.2 Å². The number of carbonyl (C=O) groups excluding carboxylic acids is 1. The molecule has 0 aliphatic rings. The fraction of sp³-hybridized carbons (Fsp3) is 0.400. The largest absolute Gasteiger partial charge is 0.490 e. The van der Waals surface area contributed by atoms with Gasteiger partial charge in [0, 0.05) is 0 Å². The van der Waals surface area contributed by atoms with Gasteiger partial charge in [-0.2, -0.15) is 0 Å². The van der Waals surface area contributed by atoms with Crippen LogP contribution in [0.25, 0.3) is 6.08 Å². The first-order valence-electron chi connectivity index (χ1n) is 6.33. The van der Waals surface area contributed by atoms with Crippen LogP contribution in [0.5, 0.6) is 11.5 Å². The van der Waals surface area contributed by atoms with Crippen LogP contribution in [0, 0.1) is 0 Å². The molecule has 0 spiro atoms. The zero-order valence-electron chi connectivity index (χ0n) is 11.0. The maximum atomic E-state index is 10.3. The van der Waals surface area contributed by atoms with Gasteiger partial charge in [-0.25, -0.2) is 0 Å². The van der Waals surface area contributed by atoms with Gasteiger partial charge in [-0.05, 0) is 36.6 Å². The molecule has 3 nitrogen and oxygen atoms in total. The van der Waals surface area contributed by atoms with Crippen LogP contribution in [0.4, 0.5) is 0 Å². The zero-order chi connectivity index (χ0) is 13.2. The van der Waals surface area contributed by atoms with Crippen LogP contribution in [-0.2, 0) is 4.79 Å². The summed E-state index contributed by atoms with van der Waals surface area (Å²) in [5, 5.41) is 0. The number of hydrogen-bond acceptors (Lipinski definition) is 3. The lowest BCUT2D eigenvalue weighted by atomic mass is 10.2. The third-order valence-corrected chi connectivity index (χ3v) is 2.26. The lowest BCUT2D eigenvalue weighted by Crippen LogP contribution is -2.01. The van der Waals surface area contributed by atoms with Crippen LogP contribution in [0.2, 0.25) is 0 Å². The lowest BCUT2D eigenvalue weighted by molar-refractivity contribution is -0.104. The van der Waals surface area contributed by atoms with Crippen LogP contribution in [-0.4, -0.2) is 19.5 Å². The van der Waals surface area contributed by atoms with E-state index in [-0.39, 0.29) is 0 Å². The summed E-state index contributed by atoms with van der Waals surface area (Å²) >= 11 is 0. The number of rotatable bonds is 8. The monoisotopic (exact) mass is 248 g/mol. The van der Waals surface area contributed by atoms with Gasteiger partial charge in [-0.1, -0.05) is 26.0 Å². The second kappa shape index (κ2) is 8.34. The minimum atomic E-state index is 0.656. The fourth-order valence-electron chi connectivity index (χ4n) is 1.43. The van der Waals surface area contributed by atoms with E-state index >= 15 is 0 Å². The number of carbonyl (C=O) groups is 1. The first-order valence-corrected chi connectivity index (χ1v) is 6.33. The van der Waals surface area contributed by atoms with Crippen molar-refractivity contribution in [1.82, 2.24) is 0 Å². The molecule has 0 unspecified atom stereocenters. The van der Waals surface area contributed by atoms with Gasteiger partial charge in [0.1, 0.15) is 6.29 Å². The molecule has 1 rings (SSSR count). The Morgan fingerprint density at radius 3 is 2.33 bits per heavy atom. The third-order valence-electron chi connectivity index (χ3n) is 2.26. The topological polar surface area (TPSA) is 35.5 Å². The third kappa shape index (κ3) is 4.62. The Morgan fingerprint density at radius 2 is 1.72 bits per heavy atom. The van der Waals surface area contributed by atoms with Crippen LogP contribution >= 0.6 is 0 Å². The van der Waals surface area contributed by atoms with Crippen LogP contribution in [0.1, 0.15) is 32.3 Å². The van der Waals surface area contributed by atoms with Crippen LogP contribution in [0.3, 0.4) is 0 Å². The predicted octanol–water partition coefficient (Wildman–Crippen LogP) is 3.48. The van der Waals surface area contributed by atoms with E-state index < -0.39 is 0 Å². The van der Waals surface area contributed by atoms with Crippen molar-refractivity contribution in [2.24, 2.45) is 0 Å². The Kier molecular flexibility index (Phi) is 6.62. The Morgan fingerprint density at radius 1 is 1.06 bits per heavy atom. The minimum Gasteiger partial charge on any atom is -0.490 e. The summed E-state index contributed by atoms with van der Waals surface area (Å²) in [6.07, 6.45) is 5.87. The summed E-state index contributed by atoms with van der Waals surface area (Å²) < 4.78 is 11.3. The fourth-order valence-corrected chi connectivity index (χ4v) is 1.43. The van der Waals surface area contributed by atoms with Gasteiger partial charge < -0.3 is 9.47 Å². The maximum absolute atomic E-state index is 10.3. The van der Waals surface area contributed by atoms with E-state index in [4.69, 9.17) is 9.47 Å². The van der Waals surface area contributed by atoms with Gasteiger partial charge in [0.05, 0.1) is 13.2 Å². The molecule has 0 saturated carbocycles. The molecule has 0 aromatic heterocycles. The average Bonchev–Trinajstić information content (AvgIpc) is 2.41. The van der Waals surface area contributed by atoms with Crippen molar-refractivity contribution in [3.05, 3.63) is 29.8 Å². The first kappa shape index (κ1) is 14.3. The number of benzene rings is 1. The van der Waals surface area contributed by atoms with Crippen molar-refractivity contribution in [1.29, 1.82) is 0 Å². The Bertz CT molecular complexity index is 397. The van der Waals surface area contributed by atoms with E-state index in [0.717, 1.165) is 36.2 Å². The Labute approximate surface area is 108 Å². The molecular formula is C15H20O3. The molecule has 0 saturated heterocycles. The number of aldehydes is 1. The van der Waals surface area contributed by atoms with E-state index in [1.165, 1.54) is 6.08 Å². The van der Waals surface area contributed by atoms with Gasteiger partial charge in [-0.3, -0.25) is 4.79 Å². The Hall–Kier alpha value is -1.77. The molecule has 0 atom stereocenters. The molecule has 0 fully saturated rings. The summed E-state index contributed by atoms with van der Waals surface area (Å²) in [6, 6.07) is 5.68. The highest BCUT2D eigenvalue weighted by atomic mass is 16.5. The molecule has 0 radical (unpaired) electrons. The van der Waals surface area contributed by atoms with Crippen molar-refractivity contribution >= 4 is 12.4 Å². The molecule has 0 heterocycles. The molecule has 1 aromatic rings. The van der Waals surface area contributed by atoms with E-state index in [1.54, 1.807) is 6.08 Å². The maximum Gasteiger partial charge on any atom is 0.161 e. The summed E-state index contributed by atoms with van der Waals surface area (Å²) in [5.41, 5.74) is 0.928. The second-order valence-corrected chi connectivity index (χ2v) is 3.90. The number of hydrogen-bond donors (Lipinski definition) is 0. The van der Waals surface area contributed by atoms with Gasteiger partial charge >= 0.3 is 0 Å². The predicted molar refractivity (Wildman–Crippen MR) is 73.1 cm³/mol. The van der Waals surface area contributed by atoms with Crippen molar-refractivity contribution in [2.45, 2.75) is 26.7 Å². The van der Waals surface area contributed by atoms with E-state index in [2.05, 4.69) is 13.8 Å². The first-order chi connectivity index (χ1) is 8.81. The summed E-state index contributed by atoms with van der Waals surface area (Å²) in [5.74, 6) is 1.49. The summed E-state index contributed by atoms with van der Waals surface area (Å²) in [7, 11) is 0. The highest BCUT2D eigenvalue weighted by Crippen LogP contribution is 2.29. The smallest absolute Gasteiger partial charge is 0.161 e. The molecular weight excluding hydrogens is 228 g/mol. The molecule has 98 valence electrons. The van der Waals surface area contributed by atoms with Gasteiger partial charge in [0.25, 0.3) is 0 Å².